The molecule has 0 saturated carbocycles. The van der Waals surface area contributed by atoms with Crippen LogP contribution in [0.5, 0.6) is 0 Å². The second-order valence-electron chi connectivity index (χ2n) is 4.17. The highest BCUT2D eigenvalue weighted by Gasteiger charge is 2.11. The van der Waals surface area contributed by atoms with Gasteiger partial charge < -0.3 is 5.32 Å². The molecule has 0 aromatic heterocycles. The van der Waals surface area contributed by atoms with Gasteiger partial charge in [0.05, 0.1) is 5.38 Å². The Hall–Kier alpha value is -1.32. The number of halogens is 2. The summed E-state index contributed by atoms with van der Waals surface area (Å²) in [4.78, 5) is 12.2. The third-order valence-corrected chi connectivity index (χ3v) is 3.45. The van der Waals surface area contributed by atoms with Crippen LogP contribution in [-0.2, 0) is 0 Å². The Morgan fingerprint density at radius 1 is 1.21 bits per heavy atom. The number of hydrogen-bond acceptors (Lipinski definition) is 1. The van der Waals surface area contributed by atoms with Crippen LogP contribution in [0.4, 0.5) is 5.69 Å². The number of nitrogens with one attached hydrogen (secondary N) is 1. The molecule has 0 radical (unpaired) electrons. The van der Waals surface area contributed by atoms with E-state index in [1.165, 1.54) is 0 Å². The molecule has 1 N–H and O–H groups in total. The fourth-order valence-electron chi connectivity index (χ4n) is 1.78. The van der Waals surface area contributed by atoms with E-state index in [-0.39, 0.29) is 11.3 Å². The summed E-state index contributed by atoms with van der Waals surface area (Å²) in [6.07, 6.45) is 0. The molecule has 0 aliphatic rings. The van der Waals surface area contributed by atoms with Gasteiger partial charge in [-0.15, -0.1) is 11.6 Å². The highest BCUT2D eigenvalue weighted by molar-refractivity contribution is 9.10. The average molecular weight is 339 g/mol. The van der Waals surface area contributed by atoms with Crippen LogP contribution in [0.3, 0.4) is 0 Å². The highest BCUT2D eigenvalue weighted by atomic mass is 79.9. The number of anilines is 1. The van der Waals surface area contributed by atoms with Crippen molar-refractivity contribution < 1.29 is 4.79 Å². The Morgan fingerprint density at radius 3 is 2.63 bits per heavy atom. The van der Waals surface area contributed by atoms with E-state index in [9.17, 15) is 4.79 Å². The number of benzene rings is 2. The van der Waals surface area contributed by atoms with E-state index < -0.39 is 0 Å². The second kappa shape index (κ2) is 6.22. The number of carbonyl (C=O) groups is 1. The van der Waals surface area contributed by atoms with Gasteiger partial charge in [0.2, 0.25) is 0 Å². The van der Waals surface area contributed by atoms with Crippen LogP contribution in [0.2, 0.25) is 0 Å². The first-order chi connectivity index (χ1) is 9.08. The number of carbonyl (C=O) groups excluding carboxylic acids is 1. The van der Waals surface area contributed by atoms with Gasteiger partial charge in [0, 0.05) is 15.7 Å². The summed E-state index contributed by atoms with van der Waals surface area (Å²) in [5, 5.41) is 2.74. The minimum Gasteiger partial charge on any atom is -0.322 e. The maximum absolute atomic E-state index is 12.2. The fraction of sp³-hybridized carbons (Fsp3) is 0.133. The lowest BCUT2D eigenvalue weighted by atomic mass is 10.1. The molecule has 0 heterocycles. The number of alkyl halides is 1. The van der Waals surface area contributed by atoms with E-state index in [4.69, 9.17) is 11.6 Å². The molecular weight excluding hydrogens is 326 g/mol. The Kier molecular flexibility index (Phi) is 4.61. The molecular formula is C15H13BrClNO. The maximum Gasteiger partial charge on any atom is 0.255 e. The van der Waals surface area contributed by atoms with Crippen molar-refractivity contribution in [3.63, 3.8) is 0 Å². The largest absolute Gasteiger partial charge is 0.322 e. The molecule has 2 nitrogen and oxygen atoms in total. The van der Waals surface area contributed by atoms with Crippen molar-refractivity contribution >= 4 is 39.1 Å². The third-order valence-electron chi connectivity index (χ3n) is 2.72. The molecule has 2 rings (SSSR count). The molecule has 0 spiro atoms. The van der Waals surface area contributed by atoms with Crippen molar-refractivity contribution in [3.05, 3.63) is 64.1 Å². The monoisotopic (exact) mass is 337 g/mol. The summed E-state index contributed by atoms with van der Waals surface area (Å²) in [7, 11) is 0. The number of para-hydroxylation sites is 1. The molecule has 0 aliphatic carbocycles. The quantitative estimate of drug-likeness (QED) is 0.784. The standard InChI is InChI=1S/C15H13BrClNO/c1-10(17)13-7-2-3-8-14(13)18-15(19)11-5-4-6-12(16)9-11/h2-10H,1H3,(H,18,19). The van der Waals surface area contributed by atoms with Gasteiger partial charge in [-0.1, -0.05) is 40.2 Å². The fourth-order valence-corrected chi connectivity index (χ4v) is 2.37. The second-order valence-corrected chi connectivity index (χ2v) is 5.74. The summed E-state index contributed by atoms with van der Waals surface area (Å²) in [5.41, 5.74) is 2.26. The molecule has 98 valence electrons. The lowest BCUT2D eigenvalue weighted by Gasteiger charge is -2.12. The lowest BCUT2D eigenvalue weighted by Crippen LogP contribution is -2.13. The zero-order valence-corrected chi connectivity index (χ0v) is 12.7. The highest BCUT2D eigenvalue weighted by Crippen LogP contribution is 2.27. The van der Waals surface area contributed by atoms with E-state index >= 15 is 0 Å². The average Bonchev–Trinajstić information content (AvgIpc) is 2.39. The van der Waals surface area contributed by atoms with Crippen LogP contribution < -0.4 is 5.32 Å². The zero-order valence-electron chi connectivity index (χ0n) is 10.4. The van der Waals surface area contributed by atoms with Gasteiger partial charge in [-0.25, -0.2) is 0 Å². The van der Waals surface area contributed by atoms with Crippen molar-refractivity contribution in [3.8, 4) is 0 Å². The van der Waals surface area contributed by atoms with Gasteiger partial charge in [-0.2, -0.15) is 0 Å². The van der Waals surface area contributed by atoms with Gasteiger partial charge >= 0.3 is 0 Å². The molecule has 0 bridgehead atoms. The van der Waals surface area contributed by atoms with E-state index in [1.54, 1.807) is 12.1 Å². The Morgan fingerprint density at radius 2 is 1.95 bits per heavy atom. The number of hydrogen-bond donors (Lipinski definition) is 1. The molecule has 0 fully saturated rings. The Balaban J connectivity index is 2.24. The molecule has 1 unspecified atom stereocenters. The molecule has 2 aromatic rings. The van der Waals surface area contributed by atoms with Crippen molar-refractivity contribution in [2.45, 2.75) is 12.3 Å². The molecule has 4 heteroatoms. The summed E-state index contributed by atoms with van der Waals surface area (Å²) in [5.74, 6) is -0.147. The maximum atomic E-state index is 12.2. The van der Waals surface area contributed by atoms with Crippen molar-refractivity contribution in [2.75, 3.05) is 5.32 Å². The van der Waals surface area contributed by atoms with Crippen LogP contribution >= 0.6 is 27.5 Å². The summed E-state index contributed by atoms with van der Waals surface area (Å²) < 4.78 is 0.874. The van der Waals surface area contributed by atoms with Crippen LogP contribution in [-0.4, -0.2) is 5.91 Å². The van der Waals surface area contributed by atoms with Gasteiger partial charge in [0.15, 0.2) is 0 Å². The molecule has 0 aliphatic heterocycles. The Bertz CT molecular complexity index is 598. The number of rotatable bonds is 3. The van der Waals surface area contributed by atoms with E-state index in [0.717, 1.165) is 15.7 Å². The van der Waals surface area contributed by atoms with Crippen LogP contribution in [0.1, 0.15) is 28.2 Å². The van der Waals surface area contributed by atoms with E-state index in [2.05, 4.69) is 21.2 Å². The van der Waals surface area contributed by atoms with Crippen LogP contribution in [0.15, 0.2) is 53.0 Å². The van der Waals surface area contributed by atoms with E-state index in [0.29, 0.717) is 5.56 Å². The molecule has 19 heavy (non-hydrogen) atoms. The summed E-state index contributed by atoms with van der Waals surface area (Å²) in [6, 6.07) is 14.8. The zero-order chi connectivity index (χ0) is 13.8. The molecule has 0 saturated heterocycles. The summed E-state index contributed by atoms with van der Waals surface area (Å²) in [6.45, 7) is 1.88. The van der Waals surface area contributed by atoms with E-state index in [1.807, 2.05) is 43.3 Å². The lowest BCUT2D eigenvalue weighted by molar-refractivity contribution is 0.102. The predicted octanol–water partition coefficient (Wildman–Crippen LogP) is 5.00. The van der Waals surface area contributed by atoms with Gasteiger partial charge in [-0.3, -0.25) is 4.79 Å². The Labute approximate surface area is 125 Å². The number of amides is 1. The van der Waals surface area contributed by atoms with Gasteiger partial charge in [-0.05, 0) is 36.8 Å². The predicted molar refractivity (Wildman–Crippen MR) is 82.8 cm³/mol. The van der Waals surface area contributed by atoms with Crippen LogP contribution in [0.25, 0.3) is 0 Å². The molecule has 2 aromatic carbocycles. The smallest absolute Gasteiger partial charge is 0.255 e. The summed E-state index contributed by atoms with van der Waals surface area (Å²) >= 11 is 9.46. The topological polar surface area (TPSA) is 29.1 Å². The SMILES string of the molecule is CC(Cl)c1ccccc1NC(=O)c1cccc(Br)c1. The normalized spacial score (nSPS) is 11.9. The molecule has 1 atom stereocenters. The minimum absolute atomic E-state index is 0.147. The first-order valence-corrected chi connectivity index (χ1v) is 7.11. The van der Waals surface area contributed by atoms with Crippen molar-refractivity contribution in [2.24, 2.45) is 0 Å². The minimum atomic E-state index is -0.154. The van der Waals surface area contributed by atoms with Crippen molar-refractivity contribution in [1.29, 1.82) is 0 Å². The van der Waals surface area contributed by atoms with Crippen molar-refractivity contribution in [1.82, 2.24) is 0 Å². The van der Waals surface area contributed by atoms with Gasteiger partial charge in [0.1, 0.15) is 0 Å². The third kappa shape index (κ3) is 3.58. The van der Waals surface area contributed by atoms with Crippen LogP contribution in [0, 0.1) is 0 Å². The van der Waals surface area contributed by atoms with Gasteiger partial charge in [0.25, 0.3) is 5.91 Å². The first kappa shape index (κ1) is 14.1. The molecule has 1 amide bonds. The first-order valence-electron chi connectivity index (χ1n) is 5.88.